The number of benzene rings is 1. The van der Waals surface area contributed by atoms with E-state index in [2.05, 4.69) is 16.0 Å². The van der Waals surface area contributed by atoms with Crippen LogP contribution in [0.5, 0.6) is 0 Å². The fraction of sp³-hybridized carbons (Fsp3) is 0.556. The third-order valence-electron chi connectivity index (χ3n) is 5.11. The number of hydrogen-bond donors (Lipinski definition) is 3. The van der Waals surface area contributed by atoms with E-state index in [0.29, 0.717) is 18.7 Å². The smallest absolute Gasteiger partial charge is 0.224 e. The molecule has 1 spiro atoms. The first-order chi connectivity index (χ1) is 11.6. The molecule has 138 valence electrons. The highest BCUT2D eigenvalue weighted by Crippen LogP contribution is 2.58. The first kappa shape index (κ1) is 19.7. The third kappa shape index (κ3) is 5.16. The molecule has 1 aromatic rings. The van der Waals surface area contributed by atoms with Crippen molar-refractivity contribution in [3.8, 4) is 0 Å². The van der Waals surface area contributed by atoms with Crippen LogP contribution < -0.4 is 16.0 Å². The van der Waals surface area contributed by atoms with Gasteiger partial charge in [0.2, 0.25) is 11.8 Å². The highest BCUT2D eigenvalue weighted by molar-refractivity contribution is 5.85. The Kier molecular flexibility index (Phi) is 6.79. The van der Waals surface area contributed by atoms with E-state index in [-0.39, 0.29) is 47.8 Å². The number of amides is 2. The van der Waals surface area contributed by atoms with E-state index in [4.69, 9.17) is 0 Å². The number of piperidine rings is 1. The summed E-state index contributed by atoms with van der Waals surface area (Å²) in [4.78, 5) is 24.0. The van der Waals surface area contributed by atoms with Gasteiger partial charge in [-0.1, -0.05) is 12.1 Å². The zero-order chi connectivity index (χ0) is 17.0. The average Bonchev–Trinajstić information content (AvgIpc) is 3.25. The van der Waals surface area contributed by atoms with Crippen LogP contribution in [-0.2, 0) is 16.0 Å². The summed E-state index contributed by atoms with van der Waals surface area (Å²) in [6, 6.07) is 6.01. The molecule has 0 radical (unpaired) electrons. The van der Waals surface area contributed by atoms with E-state index in [9.17, 15) is 14.0 Å². The Labute approximate surface area is 153 Å². The summed E-state index contributed by atoms with van der Waals surface area (Å²) >= 11 is 0. The summed E-state index contributed by atoms with van der Waals surface area (Å²) in [5, 5.41) is 8.99. The quantitative estimate of drug-likeness (QED) is 0.664. The van der Waals surface area contributed by atoms with Gasteiger partial charge in [-0.25, -0.2) is 4.39 Å². The van der Waals surface area contributed by atoms with Gasteiger partial charge >= 0.3 is 0 Å². The molecule has 1 aliphatic heterocycles. The molecule has 0 bridgehead atoms. The summed E-state index contributed by atoms with van der Waals surface area (Å²) < 4.78 is 13.1. The molecule has 3 N–H and O–H groups in total. The predicted octanol–water partition coefficient (Wildman–Crippen LogP) is 1.41. The van der Waals surface area contributed by atoms with Crippen molar-refractivity contribution < 1.29 is 14.0 Å². The first-order valence-electron chi connectivity index (χ1n) is 8.59. The minimum atomic E-state index is -0.344. The monoisotopic (exact) mass is 369 g/mol. The lowest BCUT2D eigenvalue weighted by Gasteiger charge is -2.23. The van der Waals surface area contributed by atoms with Gasteiger partial charge in [0.1, 0.15) is 5.82 Å². The molecule has 1 saturated carbocycles. The number of halogens is 2. The van der Waals surface area contributed by atoms with Gasteiger partial charge in [-0.05, 0) is 55.5 Å². The van der Waals surface area contributed by atoms with Gasteiger partial charge in [0.25, 0.3) is 0 Å². The molecule has 2 aliphatic rings. The van der Waals surface area contributed by atoms with E-state index < -0.39 is 0 Å². The van der Waals surface area contributed by atoms with Crippen molar-refractivity contribution in [1.29, 1.82) is 0 Å². The van der Waals surface area contributed by atoms with E-state index in [0.717, 1.165) is 32.4 Å². The lowest BCUT2D eigenvalue weighted by Crippen LogP contribution is -2.38. The second-order valence-corrected chi connectivity index (χ2v) is 6.82. The Morgan fingerprint density at radius 2 is 1.92 bits per heavy atom. The van der Waals surface area contributed by atoms with E-state index in [1.807, 2.05) is 0 Å². The second kappa shape index (κ2) is 8.63. The van der Waals surface area contributed by atoms with Crippen LogP contribution in [0.4, 0.5) is 4.39 Å². The molecule has 2 fully saturated rings. The molecule has 1 aliphatic carbocycles. The number of nitrogens with one attached hydrogen (secondary N) is 3. The van der Waals surface area contributed by atoms with Crippen molar-refractivity contribution in [1.82, 2.24) is 16.0 Å². The maximum Gasteiger partial charge on any atom is 0.224 e. The van der Waals surface area contributed by atoms with Crippen LogP contribution in [0.15, 0.2) is 24.3 Å². The molecule has 3 rings (SSSR count). The van der Waals surface area contributed by atoms with Crippen LogP contribution in [0.1, 0.15) is 24.8 Å². The molecular weight excluding hydrogens is 345 g/mol. The number of hydrogen-bond acceptors (Lipinski definition) is 3. The lowest BCUT2D eigenvalue weighted by atomic mass is 9.92. The van der Waals surface area contributed by atoms with Gasteiger partial charge in [0.15, 0.2) is 0 Å². The van der Waals surface area contributed by atoms with Gasteiger partial charge < -0.3 is 16.0 Å². The first-order valence-corrected chi connectivity index (χ1v) is 8.59. The summed E-state index contributed by atoms with van der Waals surface area (Å²) in [7, 11) is 0. The fourth-order valence-electron chi connectivity index (χ4n) is 3.60. The molecule has 7 heteroatoms. The van der Waals surface area contributed by atoms with Crippen molar-refractivity contribution in [2.24, 2.45) is 11.3 Å². The molecule has 5 nitrogen and oxygen atoms in total. The highest BCUT2D eigenvalue weighted by atomic mass is 35.5. The van der Waals surface area contributed by atoms with Crippen LogP contribution in [0.3, 0.4) is 0 Å². The van der Waals surface area contributed by atoms with Crippen LogP contribution in [0.2, 0.25) is 0 Å². The zero-order valence-electron chi connectivity index (χ0n) is 14.1. The summed E-state index contributed by atoms with van der Waals surface area (Å²) in [5.41, 5.74) is 0.873. The van der Waals surface area contributed by atoms with Crippen molar-refractivity contribution in [3.05, 3.63) is 35.6 Å². The number of rotatable bonds is 6. The van der Waals surface area contributed by atoms with Crippen molar-refractivity contribution in [2.75, 3.05) is 26.2 Å². The van der Waals surface area contributed by atoms with Gasteiger partial charge in [-0.15, -0.1) is 12.4 Å². The summed E-state index contributed by atoms with van der Waals surface area (Å²) in [5.74, 6) is -0.265. The SMILES string of the molecule is Cl.O=C(Cc1cccc(F)c1)NCCNC(=O)C1CC12CCNCC2. The van der Waals surface area contributed by atoms with Crippen molar-refractivity contribution in [3.63, 3.8) is 0 Å². The summed E-state index contributed by atoms with van der Waals surface area (Å²) in [6.07, 6.45) is 3.29. The van der Waals surface area contributed by atoms with Gasteiger partial charge in [0, 0.05) is 19.0 Å². The molecule has 1 heterocycles. The topological polar surface area (TPSA) is 70.2 Å². The van der Waals surface area contributed by atoms with Gasteiger partial charge in [-0.2, -0.15) is 0 Å². The average molecular weight is 370 g/mol. The molecule has 25 heavy (non-hydrogen) atoms. The highest BCUT2D eigenvalue weighted by Gasteiger charge is 2.57. The van der Waals surface area contributed by atoms with Crippen LogP contribution in [-0.4, -0.2) is 38.0 Å². The van der Waals surface area contributed by atoms with E-state index in [1.165, 1.54) is 12.1 Å². The lowest BCUT2D eigenvalue weighted by molar-refractivity contribution is -0.124. The normalized spacial score (nSPS) is 20.4. The molecular formula is C18H25ClFN3O2. The van der Waals surface area contributed by atoms with E-state index >= 15 is 0 Å². The number of carbonyl (C=O) groups is 2. The van der Waals surface area contributed by atoms with Crippen molar-refractivity contribution in [2.45, 2.75) is 25.7 Å². The maximum absolute atomic E-state index is 13.1. The summed E-state index contributed by atoms with van der Waals surface area (Å²) in [6.45, 7) is 2.82. The zero-order valence-corrected chi connectivity index (χ0v) is 15.0. The fourth-order valence-corrected chi connectivity index (χ4v) is 3.60. The number of carbonyl (C=O) groups excluding carboxylic acids is 2. The maximum atomic E-state index is 13.1. The van der Waals surface area contributed by atoms with Crippen molar-refractivity contribution >= 4 is 24.2 Å². The standard InChI is InChI=1S/C18H24FN3O2.ClH/c19-14-3-1-2-13(10-14)11-16(23)21-8-9-22-17(24)15-12-18(15)4-6-20-7-5-18;/h1-3,10,15,20H,4-9,11-12H2,(H,21,23)(H,22,24);1H. The Morgan fingerprint density at radius 1 is 1.20 bits per heavy atom. The molecule has 0 aromatic heterocycles. The second-order valence-electron chi connectivity index (χ2n) is 6.82. The van der Waals surface area contributed by atoms with Crippen LogP contribution in [0, 0.1) is 17.2 Å². The molecule has 1 atom stereocenters. The Bertz CT molecular complexity index is 620. The van der Waals surface area contributed by atoms with Gasteiger partial charge in [0.05, 0.1) is 6.42 Å². The van der Waals surface area contributed by atoms with E-state index in [1.54, 1.807) is 12.1 Å². The minimum Gasteiger partial charge on any atom is -0.354 e. The Balaban J connectivity index is 0.00000225. The Hall–Kier alpha value is -1.66. The van der Waals surface area contributed by atoms with Crippen LogP contribution in [0.25, 0.3) is 0 Å². The van der Waals surface area contributed by atoms with Crippen LogP contribution >= 0.6 is 12.4 Å². The molecule has 1 aromatic carbocycles. The molecule has 2 amide bonds. The predicted molar refractivity (Wildman–Crippen MR) is 96.0 cm³/mol. The largest absolute Gasteiger partial charge is 0.354 e. The molecule has 1 saturated heterocycles. The van der Waals surface area contributed by atoms with Gasteiger partial charge in [-0.3, -0.25) is 9.59 Å². The molecule has 1 unspecified atom stereocenters. The Morgan fingerprint density at radius 3 is 2.64 bits per heavy atom. The minimum absolute atomic E-state index is 0. The third-order valence-corrected chi connectivity index (χ3v) is 5.11.